The Morgan fingerprint density at radius 3 is 2.96 bits per heavy atom. The number of hydrogen-bond donors (Lipinski definition) is 1. The number of rotatable bonds is 7. The van der Waals surface area contributed by atoms with Gasteiger partial charge in [0.15, 0.2) is 0 Å². The molecule has 128 valence electrons. The van der Waals surface area contributed by atoms with E-state index >= 15 is 0 Å². The second-order valence-corrected chi connectivity index (χ2v) is 6.15. The number of aryl methyl sites for hydroxylation is 1. The van der Waals surface area contributed by atoms with Crippen LogP contribution in [0.25, 0.3) is 0 Å². The Morgan fingerprint density at radius 2 is 2.26 bits per heavy atom. The normalized spacial score (nSPS) is 17.8. The Hall–Kier alpha value is -1.59. The first-order valence-corrected chi connectivity index (χ1v) is 8.42. The Kier molecular flexibility index (Phi) is 6.86. The number of amides is 1. The fourth-order valence-corrected chi connectivity index (χ4v) is 2.71. The molecule has 0 aromatic heterocycles. The molecule has 1 amide bonds. The first-order chi connectivity index (χ1) is 11.1. The molecule has 23 heavy (non-hydrogen) atoms. The molecule has 1 unspecified atom stereocenters. The van der Waals surface area contributed by atoms with Crippen molar-refractivity contribution in [1.29, 1.82) is 0 Å². The zero-order chi connectivity index (χ0) is 16.7. The summed E-state index contributed by atoms with van der Waals surface area (Å²) in [7, 11) is 1.83. The van der Waals surface area contributed by atoms with Gasteiger partial charge < -0.3 is 20.1 Å². The summed E-state index contributed by atoms with van der Waals surface area (Å²) < 4.78 is 11.4. The molecule has 0 radical (unpaired) electrons. The molecule has 1 aromatic carbocycles. The summed E-state index contributed by atoms with van der Waals surface area (Å²) >= 11 is 0. The minimum atomic E-state index is 0.00264. The van der Waals surface area contributed by atoms with Crippen LogP contribution in [0.3, 0.4) is 0 Å². The van der Waals surface area contributed by atoms with Gasteiger partial charge in [-0.05, 0) is 56.8 Å². The maximum atomic E-state index is 12.6. The van der Waals surface area contributed by atoms with E-state index in [0.717, 1.165) is 37.2 Å². The zero-order valence-electron chi connectivity index (χ0n) is 14.2. The number of carbonyl (C=O) groups excluding carboxylic acids is 1. The van der Waals surface area contributed by atoms with Crippen LogP contribution in [0.15, 0.2) is 18.2 Å². The highest BCUT2D eigenvalue weighted by molar-refractivity contribution is 5.94. The van der Waals surface area contributed by atoms with Crippen molar-refractivity contribution in [3.8, 4) is 5.75 Å². The van der Waals surface area contributed by atoms with E-state index in [4.69, 9.17) is 15.2 Å². The highest BCUT2D eigenvalue weighted by Gasteiger charge is 2.20. The van der Waals surface area contributed by atoms with Crippen molar-refractivity contribution in [2.45, 2.75) is 38.7 Å². The van der Waals surface area contributed by atoms with Gasteiger partial charge in [0.1, 0.15) is 5.75 Å². The minimum Gasteiger partial charge on any atom is -0.493 e. The fourth-order valence-electron chi connectivity index (χ4n) is 2.71. The van der Waals surface area contributed by atoms with Crippen molar-refractivity contribution >= 4 is 5.91 Å². The summed E-state index contributed by atoms with van der Waals surface area (Å²) in [6.07, 6.45) is 4.28. The summed E-state index contributed by atoms with van der Waals surface area (Å²) in [5.41, 5.74) is 7.16. The number of carbonyl (C=O) groups is 1. The average Bonchev–Trinajstić information content (AvgIpc) is 2.57. The van der Waals surface area contributed by atoms with Gasteiger partial charge in [-0.25, -0.2) is 0 Å². The smallest absolute Gasteiger partial charge is 0.253 e. The van der Waals surface area contributed by atoms with E-state index in [-0.39, 0.29) is 12.0 Å². The second kappa shape index (κ2) is 8.89. The number of benzene rings is 1. The molecule has 0 spiro atoms. The van der Waals surface area contributed by atoms with E-state index in [1.54, 1.807) is 4.90 Å². The standard InChI is InChI=1S/C18H28N2O3/c1-14-7-8-15(12-17(14)23-11-5-9-19)18(21)20(2)13-16-6-3-4-10-22-16/h7-8,12,16H,3-6,9-11,13,19H2,1-2H3. The van der Waals surface area contributed by atoms with Crippen LogP contribution in [0.4, 0.5) is 0 Å². The van der Waals surface area contributed by atoms with Gasteiger partial charge in [-0.2, -0.15) is 0 Å². The highest BCUT2D eigenvalue weighted by Crippen LogP contribution is 2.21. The number of nitrogens with zero attached hydrogens (tertiary/aromatic N) is 1. The monoisotopic (exact) mass is 320 g/mol. The maximum Gasteiger partial charge on any atom is 0.253 e. The molecule has 1 aliphatic heterocycles. The molecule has 1 heterocycles. The van der Waals surface area contributed by atoms with Crippen LogP contribution in [0.1, 0.15) is 41.6 Å². The molecule has 5 nitrogen and oxygen atoms in total. The highest BCUT2D eigenvalue weighted by atomic mass is 16.5. The third-order valence-electron chi connectivity index (χ3n) is 4.14. The van der Waals surface area contributed by atoms with Crippen LogP contribution in [0.5, 0.6) is 5.75 Å². The summed E-state index contributed by atoms with van der Waals surface area (Å²) in [6.45, 7) is 4.58. The maximum absolute atomic E-state index is 12.6. The van der Waals surface area contributed by atoms with Gasteiger partial charge in [0.25, 0.3) is 5.91 Å². The van der Waals surface area contributed by atoms with Gasteiger partial charge in [0, 0.05) is 25.8 Å². The zero-order valence-corrected chi connectivity index (χ0v) is 14.2. The molecule has 5 heteroatoms. The van der Waals surface area contributed by atoms with Gasteiger partial charge in [0.2, 0.25) is 0 Å². The number of ether oxygens (including phenoxy) is 2. The van der Waals surface area contributed by atoms with Crippen molar-refractivity contribution < 1.29 is 14.3 Å². The van der Waals surface area contributed by atoms with Crippen LogP contribution in [-0.4, -0.2) is 50.3 Å². The van der Waals surface area contributed by atoms with Crippen molar-refractivity contribution in [2.75, 3.05) is 33.4 Å². The van der Waals surface area contributed by atoms with E-state index < -0.39 is 0 Å². The lowest BCUT2D eigenvalue weighted by atomic mass is 10.1. The lowest BCUT2D eigenvalue weighted by molar-refractivity contribution is -0.000192. The predicted molar refractivity (Wildman–Crippen MR) is 90.9 cm³/mol. The van der Waals surface area contributed by atoms with Gasteiger partial charge in [-0.15, -0.1) is 0 Å². The number of hydrogen-bond acceptors (Lipinski definition) is 4. The van der Waals surface area contributed by atoms with E-state index in [1.807, 2.05) is 32.2 Å². The molecule has 1 fully saturated rings. The first kappa shape index (κ1) is 17.8. The Balaban J connectivity index is 1.98. The van der Waals surface area contributed by atoms with Crippen LogP contribution < -0.4 is 10.5 Å². The van der Waals surface area contributed by atoms with E-state index in [1.165, 1.54) is 6.42 Å². The Bertz CT molecular complexity index is 513. The van der Waals surface area contributed by atoms with Crippen molar-refractivity contribution in [3.05, 3.63) is 29.3 Å². The van der Waals surface area contributed by atoms with Gasteiger partial charge >= 0.3 is 0 Å². The summed E-state index contributed by atoms with van der Waals surface area (Å²) in [5, 5.41) is 0. The quantitative estimate of drug-likeness (QED) is 0.783. The lowest BCUT2D eigenvalue weighted by Gasteiger charge is -2.27. The van der Waals surface area contributed by atoms with Crippen LogP contribution >= 0.6 is 0 Å². The largest absolute Gasteiger partial charge is 0.493 e. The summed E-state index contributed by atoms with van der Waals surface area (Å²) in [6, 6.07) is 5.61. The molecule has 2 rings (SSSR count). The SMILES string of the molecule is Cc1ccc(C(=O)N(C)CC2CCCCO2)cc1OCCCN. The van der Waals surface area contributed by atoms with Crippen LogP contribution in [0, 0.1) is 6.92 Å². The molecule has 0 saturated carbocycles. The first-order valence-electron chi connectivity index (χ1n) is 8.42. The van der Waals surface area contributed by atoms with Crippen molar-refractivity contribution in [1.82, 2.24) is 4.90 Å². The minimum absolute atomic E-state index is 0.00264. The molecule has 1 aromatic rings. The Morgan fingerprint density at radius 1 is 1.43 bits per heavy atom. The molecular weight excluding hydrogens is 292 g/mol. The molecule has 1 atom stereocenters. The molecule has 1 saturated heterocycles. The van der Waals surface area contributed by atoms with Gasteiger partial charge in [0.05, 0.1) is 12.7 Å². The number of likely N-dealkylation sites (N-methyl/N-ethyl adjacent to an activating group) is 1. The van der Waals surface area contributed by atoms with Crippen LogP contribution in [0.2, 0.25) is 0 Å². The molecule has 1 aliphatic rings. The van der Waals surface area contributed by atoms with Crippen molar-refractivity contribution in [3.63, 3.8) is 0 Å². The van der Waals surface area contributed by atoms with Gasteiger partial charge in [-0.1, -0.05) is 6.07 Å². The third-order valence-corrected chi connectivity index (χ3v) is 4.14. The Labute approximate surface area is 138 Å². The number of nitrogens with two attached hydrogens (primary N) is 1. The topological polar surface area (TPSA) is 64.8 Å². The van der Waals surface area contributed by atoms with Gasteiger partial charge in [-0.3, -0.25) is 4.79 Å². The fraction of sp³-hybridized carbons (Fsp3) is 0.611. The summed E-state index contributed by atoms with van der Waals surface area (Å²) in [4.78, 5) is 14.3. The molecule has 2 N–H and O–H groups in total. The van der Waals surface area contributed by atoms with Crippen LogP contribution in [-0.2, 0) is 4.74 Å². The van der Waals surface area contributed by atoms with Crippen molar-refractivity contribution in [2.24, 2.45) is 5.73 Å². The summed E-state index contributed by atoms with van der Waals surface area (Å²) in [5.74, 6) is 0.759. The van der Waals surface area contributed by atoms with E-state index in [9.17, 15) is 4.79 Å². The lowest BCUT2D eigenvalue weighted by Crippen LogP contribution is -2.37. The van der Waals surface area contributed by atoms with E-state index in [2.05, 4.69) is 0 Å². The second-order valence-electron chi connectivity index (χ2n) is 6.15. The molecule has 0 bridgehead atoms. The molecular formula is C18H28N2O3. The van der Waals surface area contributed by atoms with E-state index in [0.29, 0.717) is 25.3 Å². The third kappa shape index (κ3) is 5.22. The average molecular weight is 320 g/mol. The predicted octanol–water partition coefficient (Wildman–Crippen LogP) is 2.36. The molecule has 0 aliphatic carbocycles.